The molecule has 0 radical (unpaired) electrons. The first kappa shape index (κ1) is 27.4. The third-order valence-electron chi connectivity index (χ3n) is 6.48. The van der Waals surface area contributed by atoms with Crippen molar-refractivity contribution in [1.82, 2.24) is 9.47 Å². The van der Waals surface area contributed by atoms with Gasteiger partial charge in [0.2, 0.25) is 0 Å². The average molecular weight is 544 g/mol. The van der Waals surface area contributed by atoms with E-state index in [0.717, 1.165) is 37.9 Å². The molecule has 200 valence electrons. The van der Waals surface area contributed by atoms with Gasteiger partial charge in [-0.2, -0.15) is 18.4 Å². The van der Waals surface area contributed by atoms with Crippen molar-refractivity contribution >= 4 is 32.1 Å². The van der Waals surface area contributed by atoms with E-state index < -0.39 is 22.6 Å². The molecule has 38 heavy (non-hydrogen) atoms. The van der Waals surface area contributed by atoms with Gasteiger partial charge in [0.15, 0.2) is 9.84 Å². The van der Waals surface area contributed by atoms with Crippen LogP contribution in [0.2, 0.25) is 0 Å². The number of sulfone groups is 1. The zero-order valence-corrected chi connectivity index (χ0v) is 21.9. The van der Waals surface area contributed by atoms with Crippen LogP contribution >= 0.6 is 0 Å². The fraction of sp³-hybridized carbons (Fsp3) is 0.370. The lowest BCUT2D eigenvalue weighted by atomic mass is 10.0. The normalized spacial score (nSPS) is 15.1. The molecule has 3 aromatic rings. The van der Waals surface area contributed by atoms with E-state index in [4.69, 9.17) is 0 Å². The number of hydrogen-bond acceptors (Lipinski definition) is 6. The van der Waals surface area contributed by atoms with E-state index in [1.165, 1.54) is 22.8 Å². The van der Waals surface area contributed by atoms with Gasteiger partial charge in [-0.15, -0.1) is 0 Å². The Morgan fingerprint density at radius 3 is 2.50 bits per heavy atom. The number of nitriles is 1. The summed E-state index contributed by atoms with van der Waals surface area (Å²) >= 11 is 0. The van der Waals surface area contributed by atoms with Crippen molar-refractivity contribution in [2.45, 2.75) is 36.5 Å². The molecule has 1 saturated heterocycles. The Hall–Kier alpha value is -3.67. The molecule has 1 aromatic heterocycles. The predicted molar refractivity (Wildman–Crippen MR) is 142 cm³/mol. The van der Waals surface area contributed by atoms with E-state index in [2.05, 4.69) is 34.4 Å². The summed E-state index contributed by atoms with van der Waals surface area (Å²) in [6, 6.07) is 13.3. The molecule has 0 spiro atoms. The van der Waals surface area contributed by atoms with E-state index in [1.54, 1.807) is 18.2 Å². The summed E-state index contributed by atoms with van der Waals surface area (Å²) < 4.78 is 65.1. The fourth-order valence-electron chi connectivity index (χ4n) is 4.51. The molecule has 0 atom stereocenters. The largest absolute Gasteiger partial charge is 0.406 e. The van der Waals surface area contributed by atoms with Crippen molar-refractivity contribution in [3.63, 3.8) is 0 Å². The van der Waals surface area contributed by atoms with E-state index in [0.29, 0.717) is 16.6 Å². The number of nitrogens with zero attached hydrogens (tertiary/aromatic N) is 3. The number of rotatable bonds is 6. The van der Waals surface area contributed by atoms with Crippen LogP contribution in [0.25, 0.3) is 10.9 Å². The Balaban J connectivity index is 1.60. The van der Waals surface area contributed by atoms with Gasteiger partial charge in [0, 0.05) is 23.4 Å². The number of piperidine rings is 1. The second kappa shape index (κ2) is 11.0. The Kier molecular flexibility index (Phi) is 7.91. The fourth-order valence-corrected chi connectivity index (χ4v) is 5.16. The van der Waals surface area contributed by atoms with Gasteiger partial charge in [-0.1, -0.05) is 12.0 Å². The minimum Gasteiger partial charge on any atom is -0.382 e. The topological polar surface area (TPSA) is 90.2 Å². The summed E-state index contributed by atoms with van der Waals surface area (Å²) in [5.41, 5.74) is 1.97. The van der Waals surface area contributed by atoms with Crippen LogP contribution < -0.4 is 10.6 Å². The molecule has 1 aliphatic heterocycles. The maximum absolute atomic E-state index is 13.5. The monoisotopic (exact) mass is 543 g/mol. The lowest BCUT2D eigenvalue weighted by Gasteiger charge is -2.30. The predicted octanol–water partition coefficient (Wildman–Crippen LogP) is 4.45. The van der Waals surface area contributed by atoms with E-state index in [1.807, 2.05) is 12.1 Å². The number of likely N-dealkylation sites (tertiary alicyclic amines) is 1. The van der Waals surface area contributed by atoms with Gasteiger partial charge in [0.05, 0.1) is 33.9 Å². The molecule has 0 unspecified atom stereocenters. The van der Waals surface area contributed by atoms with Crippen LogP contribution in [-0.2, 0) is 16.4 Å². The Morgan fingerprint density at radius 2 is 1.84 bits per heavy atom. The van der Waals surface area contributed by atoms with Crippen molar-refractivity contribution < 1.29 is 21.6 Å². The van der Waals surface area contributed by atoms with Crippen molar-refractivity contribution in [3.8, 4) is 17.9 Å². The highest BCUT2D eigenvalue weighted by atomic mass is 32.2. The summed E-state index contributed by atoms with van der Waals surface area (Å²) in [6.07, 6.45) is -1.48. The first-order valence-corrected chi connectivity index (χ1v) is 13.9. The number of aromatic nitrogens is 1. The summed E-state index contributed by atoms with van der Waals surface area (Å²) in [5, 5.41) is 16.5. The SMILES string of the molecule is CN1CCC(Nc2cccc3c2cc(C#CCNc2ccc(S(C)(=O)=O)cc2C#N)n3CC(F)(F)F)CC1. The van der Waals surface area contributed by atoms with Crippen LogP contribution in [-0.4, -0.2) is 63.0 Å². The summed E-state index contributed by atoms with van der Waals surface area (Å²) in [4.78, 5) is 2.27. The van der Waals surface area contributed by atoms with Crippen LogP contribution in [0.15, 0.2) is 47.4 Å². The number of anilines is 2. The number of alkyl halides is 3. The molecule has 2 N–H and O–H groups in total. The zero-order chi connectivity index (χ0) is 27.5. The Labute approximate surface area is 220 Å². The molecule has 0 amide bonds. The van der Waals surface area contributed by atoms with E-state index in [9.17, 15) is 26.9 Å². The smallest absolute Gasteiger partial charge is 0.382 e. The second-order valence-corrected chi connectivity index (χ2v) is 11.5. The first-order valence-electron chi connectivity index (χ1n) is 12.1. The molecule has 4 rings (SSSR count). The first-order chi connectivity index (χ1) is 17.9. The average Bonchev–Trinajstić information content (AvgIpc) is 3.19. The second-order valence-electron chi connectivity index (χ2n) is 9.44. The maximum atomic E-state index is 13.5. The standard InChI is InChI=1S/C27H28F3N5O2S/c1-34-13-10-20(11-14-34)33-25-6-3-7-26-23(25)16-21(35(26)18-27(28,29)30)5-4-12-32-24-9-8-22(38(2,36)37)15-19(24)17-31/h3,6-9,15-16,20,32-33H,10-14,18H2,1-2H3. The molecule has 0 bridgehead atoms. The number of halogens is 3. The molecule has 11 heteroatoms. The van der Waals surface area contributed by atoms with Crippen LogP contribution in [0, 0.1) is 23.2 Å². The molecular weight excluding hydrogens is 515 g/mol. The van der Waals surface area contributed by atoms with E-state index >= 15 is 0 Å². The minimum atomic E-state index is -4.43. The van der Waals surface area contributed by atoms with Crippen molar-refractivity contribution in [2.24, 2.45) is 0 Å². The molecule has 1 fully saturated rings. The van der Waals surface area contributed by atoms with Gasteiger partial charge in [-0.25, -0.2) is 8.42 Å². The Morgan fingerprint density at radius 1 is 1.11 bits per heavy atom. The Bertz CT molecular complexity index is 1540. The number of nitrogens with one attached hydrogen (secondary N) is 2. The van der Waals surface area contributed by atoms with Crippen LogP contribution in [0.5, 0.6) is 0 Å². The third kappa shape index (κ3) is 6.60. The molecule has 7 nitrogen and oxygen atoms in total. The van der Waals surface area contributed by atoms with Gasteiger partial charge in [0.25, 0.3) is 0 Å². The lowest BCUT2D eigenvalue weighted by Crippen LogP contribution is -2.36. The molecule has 2 heterocycles. The zero-order valence-electron chi connectivity index (χ0n) is 21.1. The lowest BCUT2D eigenvalue weighted by molar-refractivity contribution is -0.140. The summed E-state index contributed by atoms with van der Waals surface area (Å²) in [5.74, 6) is 5.68. The van der Waals surface area contributed by atoms with Crippen LogP contribution in [0.4, 0.5) is 24.5 Å². The van der Waals surface area contributed by atoms with Crippen molar-refractivity contribution in [2.75, 3.05) is 43.6 Å². The molecular formula is C27H28F3N5O2S. The molecule has 0 aliphatic carbocycles. The highest BCUT2D eigenvalue weighted by molar-refractivity contribution is 7.90. The van der Waals surface area contributed by atoms with Crippen molar-refractivity contribution in [1.29, 1.82) is 5.26 Å². The van der Waals surface area contributed by atoms with Gasteiger partial charge in [-0.05, 0) is 75.3 Å². The summed E-state index contributed by atoms with van der Waals surface area (Å²) in [6.45, 7) is 0.784. The maximum Gasteiger partial charge on any atom is 0.406 e. The van der Waals surface area contributed by atoms with Crippen LogP contribution in [0.1, 0.15) is 24.1 Å². The number of fused-ring (bicyclic) bond motifs is 1. The minimum absolute atomic E-state index is 0.0204. The van der Waals surface area contributed by atoms with Gasteiger partial charge in [-0.3, -0.25) is 0 Å². The van der Waals surface area contributed by atoms with Gasteiger partial charge in [0.1, 0.15) is 12.6 Å². The molecule has 1 aliphatic rings. The highest BCUT2D eigenvalue weighted by Gasteiger charge is 2.30. The van der Waals surface area contributed by atoms with Crippen LogP contribution in [0.3, 0.4) is 0 Å². The number of benzene rings is 2. The summed E-state index contributed by atoms with van der Waals surface area (Å²) in [7, 11) is -1.40. The van der Waals surface area contributed by atoms with E-state index in [-0.39, 0.29) is 28.7 Å². The highest BCUT2D eigenvalue weighted by Crippen LogP contribution is 2.31. The quantitative estimate of drug-likeness (QED) is 0.447. The van der Waals surface area contributed by atoms with Crippen molar-refractivity contribution in [3.05, 3.63) is 53.7 Å². The molecule has 0 saturated carbocycles. The molecule has 2 aromatic carbocycles. The van der Waals surface area contributed by atoms with Gasteiger partial charge < -0.3 is 20.1 Å². The van der Waals surface area contributed by atoms with Gasteiger partial charge >= 0.3 is 6.18 Å². The third-order valence-corrected chi connectivity index (χ3v) is 7.59. The number of hydrogen-bond donors (Lipinski definition) is 2.